The van der Waals surface area contributed by atoms with Crippen molar-refractivity contribution in [3.63, 3.8) is 0 Å². The molecule has 2 aromatic rings. The second kappa shape index (κ2) is 15.3. The number of esters is 1. The Hall–Kier alpha value is -4.06. The predicted octanol–water partition coefficient (Wildman–Crippen LogP) is 3.54. The summed E-state index contributed by atoms with van der Waals surface area (Å²) in [6.45, 7) is 8.82. The molecular weight excluding hydrogens is 578 g/mol. The monoisotopic (exact) mass is 623 g/mol. The number of hydrogen-bond acceptors (Lipinski definition) is 9. The molecule has 12 heteroatoms. The van der Waals surface area contributed by atoms with E-state index in [0.717, 1.165) is 24.8 Å². The first-order valence-electron chi connectivity index (χ1n) is 15.8. The van der Waals surface area contributed by atoms with Crippen molar-refractivity contribution >= 4 is 23.9 Å². The first-order chi connectivity index (χ1) is 21.5. The number of carbonyl (C=O) groups is 4. The van der Waals surface area contributed by atoms with Gasteiger partial charge in [-0.15, -0.1) is 0 Å². The van der Waals surface area contributed by atoms with E-state index in [1.54, 1.807) is 36.6 Å². The molecule has 244 valence electrons. The molecule has 1 saturated carbocycles. The number of nitrogens with zero attached hydrogens (tertiary/aromatic N) is 4. The first kappa shape index (κ1) is 33.8. The second-order valence-electron chi connectivity index (χ2n) is 12.6. The number of carbonyl (C=O) groups excluding carboxylic acids is 4. The van der Waals surface area contributed by atoms with Crippen molar-refractivity contribution < 1.29 is 33.8 Å². The smallest absolute Gasteiger partial charge is 0.409 e. The topological polar surface area (TPSA) is 151 Å². The van der Waals surface area contributed by atoms with Crippen molar-refractivity contribution in [2.75, 3.05) is 39.4 Å². The molecule has 3 amide bonds. The van der Waals surface area contributed by atoms with E-state index in [9.17, 15) is 24.3 Å². The predicted molar refractivity (Wildman–Crippen MR) is 166 cm³/mol. The number of benzene rings is 1. The Bertz CT molecular complexity index is 1340. The van der Waals surface area contributed by atoms with Crippen LogP contribution >= 0.6 is 0 Å². The maximum absolute atomic E-state index is 13.8. The summed E-state index contributed by atoms with van der Waals surface area (Å²) in [6.07, 6.45) is 2.00. The SMILES string of the molecule is CCCCOC(=O)N1CCN(C(=O)[C@H](CCC(=O)OC(C)(C)C)NC(=O)c2cc([C@H]3C[C@@H]3CO)nc(-c3ccccc3)n2)CC1. The van der Waals surface area contributed by atoms with Crippen molar-refractivity contribution in [3.8, 4) is 11.4 Å². The lowest BCUT2D eigenvalue weighted by atomic mass is 10.1. The summed E-state index contributed by atoms with van der Waals surface area (Å²) >= 11 is 0. The van der Waals surface area contributed by atoms with E-state index < -0.39 is 29.6 Å². The average Bonchev–Trinajstić information content (AvgIpc) is 3.82. The number of unbranched alkanes of at least 4 members (excludes halogenated alkanes) is 1. The zero-order valence-corrected chi connectivity index (χ0v) is 26.7. The summed E-state index contributed by atoms with van der Waals surface area (Å²) in [5.41, 5.74) is 0.796. The van der Waals surface area contributed by atoms with Crippen molar-refractivity contribution in [1.29, 1.82) is 0 Å². The van der Waals surface area contributed by atoms with Gasteiger partial charge in [-0.05, 0) is 52.0 Å². The minimum absolute atomic E-state index is 0.0153. The van der Waals surface area contributed by atoms with Gasteiger partial charge in [0.15, 0.2) is 5.82 Å². The van der Waals surface area contributed by atoms with Crippen LogP contribution in [0.15, 0.2) is 36.4 Å². The van der Waals surface area contributed by atoms with E-state index in [0.29, 0.717) is 31.2 Å². The van der Waals surface area contributed by atoms with E-state index in [4.69, 9.17) is 14.5 Å². The molecule has 0 unspecified atom stereocenters. The molecule has 0 bridgehead atoms. The summed E-state index contributed by atoms with van der Waals surface area (Å²) in [4.78, 5) is 64.8. The molecule has 2 fully saturated rings. The molecule has 45 heavy (non-hydrogen) atoms. The number of piperazine rings is 1. The van der Waals surface area contributed by atoms with Gasteiger partial charge in [0.05, 0.1) is 6.61 Å². The number of ether oxygens (including phenoxy) is 2. The van der Waals surface area contributed by atoms with Gasteiger partial charge in [-0.1, -0.05) is 43.7 Å². The Balaban J connectivity index is 1.51. The minimum Gasteiger partial charge on any atom is -0.460 e. The third kappa shape index (κ3) is 9.71. The molecule has 12 nitrogen and oxygen atoms in total. The van der Waals surface area contributed by atoms with Gasteiger partial charge < -0.3 is 29.7 Å². The van der Waals surface area contributed by atoms with Crippen LogP contribution in [0.3, 0.4) is 0 Å². The van der Waals surface area contributed by atoms with Gasteiger partial charge in [0.1, 0.15) is 17.3 Å². The van der Waals surface area contributed by atoms with Crippen LogP contribution in [0.2, 0.25) is 0 Å². The van der Waals surface area contributed by atoms with Crippen LogP contribution in [0.4, 0.5) is 4.79 Å². The maximum atomic E-state index is 13.8. The molecule has 3 atom stereocenters. The summed E-state index contributed by atoms with van der Waals surface area (Å²) in [7, 11) is 0. The van der Waals surface area contributed by atoms with Crippen LogP contribution in [0.25, 0.3) is 11.4 Å². The Morgan fingerprint density at radius 3 is 2.36 bits per heavy atom. The van der Waals surface area contributed by atoms with E-state index in [2.05, 4.69) is 10.3 Å². The lowest BCUT2D eigenvalue weighted by Crippen LogP contribution is -2.56. The number of aromatic nitrogens is 2. The number of hydrogen-bond donors (Lipinski definition) is 2. The van der Waals surface area contributed by atoms with Crippen molar-refractivity contribution in [3.05, 3.63) is 47.8 Å². The normalized spacial score (nSPS) is 18.6. The van der Waals surface area contributed by atoms with Gasteiger partial charge >= 0.3 is 12.1 Å². The zero-order valence-electron chi connectivity index (χ0n) is 26.7. The molecule has 0 spiro atoms. The molecular formula is C33H45N5O7. The van der Waals surface area contributed by atoms with Crippen LogP contribution in [-0.2, 0) is 19.1 Å². The maximum Gasteiger partial charge on any atom is 0.409 e. The lowest BCUT2D eigenvalue weighted by molar-refractivity contribution is -0.155. The minimum atomic E-state index is -1.03. The van der Waals surface area contributed by atoms with E-state index in [1.165, 1.54) is 0 Å². The van der Waals surface area contributed by atoms with Crippen LogP contribution < -0.4 is 5.32 Å². The van der Waals surface area contributed by atoms with Gasteiger partial charge in [0.2, 0.25) is 5.91 Å². The van der Waals surface area contributed by atoms with Crippen LogP contribution in [0, 0.1) is 5.92 Å². The fraction of sp³-hybridized carbons (Fsp3) is 0.576. The lowest BCUT2D eigenvalue weighted by Gasteiger charge is -2.36. The Kier molecular flexibility index (Phi) is 11.5. The standard InChI is InChI=1S/C33H45N5O7/c1-5-6-18-44-32(43)38-16-14-37(15-17-38)31(42)25(12-13-28(40)45-33(2,3)4)36-30(41)27-20-26(24-19-23(24)21-39)34-29(35-27)22-10-8-7-9-11-22/h7-11,20,23-25,39H,5-6,12-19,21H2,1-4H3,(H,36,41)/t23-,24+,25+/m1/s1. The highest BCUT2D eigenvalue weighted by Gasteiger charge is 2.40. The molecule has 2 aliphatic rings. The van der Waals surface area contributed by atoms with Crippen LogP contribution in [0.1, 0.15) is 81.9 Å². The Morgan fingerprint density at radius 1 is 1.04 bits per heavy atom. The molecule has 1 saturated heterocycles. The quantitative estimate of drug-likeness (QED) is 0.267. The first-order valence-corrected chi connectivity index (χ1v) is 15.8. The van der Waals surface area contributed by atoms with Crippen molar-refractivity contribution in [2.45, 2.75) is 77.4 Å². The Morgan fingerprint density at radius 2 is 1.73 bits per heavy atom. The van der Waals surface area contributed by atoms with E-state index in [1.807, 2.05) is 37.3 Å². The van der Waals surface area contributed by atoms with Gasteiger partial charge in [-0.3, -0.25) is 14.4 Å². The second-order valence-corrected chi connectivity index (χ2v) is 12.6. The van der Waals surface area contributed by atoms with E-state index >= 15 is 0 Å². The molecule has 1 aromatic carbocycles. The molecule has 2 heterocycles. The number of amides is 3. The summed E-state index contributed by atoms with van der Waals surface area (Å²) in [6, 6.07) is 9.87. The number of aliphatic hydroxyl groups excluding tert-OH is 1. The van der Waals surface area contributed by atoms with Gasteiger partial charge in [0, 0.05) is 56.4 Å². The largest absolute Gasteiger partial charge is 0.460 e. The third-order valence-electron chi connectivity index (χ3n) is 7.78. The van der Waals surface area contributed by atoms with Gasteiger partial charge in [-0.2, -0.15) is 0 Å². The highest BCUT2D eigenvalue weighted by atomic mass is 16.6. The third-order valence-corrected chi connectivity index (χ3v) is 7.78. The molecule has 0 radical (unpaired) electrons. The molecule has 1 aliphatic carbocycles. The fourth-order valence-electron chi connectivity index (χ4n) is 5.17. The average molecular weight is 624 g/mol. The molecule has 1 aliphatic heterocycles. The fourth-order valence-corrected chi connectivity index (χ4v) is 5.17. The van der Waals surface area contributed by atoms with Crippen LogP contribution in [0.5, 0.6) is 0 Å². The van der Waals surface area contributed by atoms with Gasteiger partial charge in [-0.25, -0.2) is 14.8 Å². The molecule has 2 N–H and O–H groups in total. The number of rotatable bonds is 12. The summed E-state index contributed by atoms with van der Waals surface area (Å²) < 4.78 is 10.7. The zero-order chi connectivity index (χ0) is 32.6. The van der Waals surface area contributed by atoms with E-state index in [-0.39, 0.29) is 56.0 Å². The van der Waals surface area contributed by atoms with Crippen LogP contribution in [-0.4, -0.2) is 99.8 Å². The van der Waals surface area contributed by atoms with Gasteiger partial charge in [0.25, 0.3) is 5.91 Å². The molecule has 4 rings (SSSR count). The summed E-state index contributed by atoms with van der Waals surface area (Å²) in [5.74, 6) is -0.940. The summed E-state index contributed by atoms with van der Waals surface area (Å²) in [5, 5.41) is 12.5. The number of nitrogens with one attached hydrogen (secondary N) is 1. The highest BCUT2D eigenvalue weighted by Crippen LogP contribution is 2.46. The Labute approximate surface area is 264 Å². The van der Waals surface area contributed by atoms with Crippen molar-refractivity contribution in [2.24, 2.45) is 5.92 Å². The molecule has 1 aromatic heterocycles. The highest BCUT2D eigenvalue weighted by molar-refractivity contribution is 5.96. The van der Waals surface area contributed by atoms with Crippen molar-refractivity contribution in [1.82, 2.24) is 25.1 Å². The number of aliphatic hydroxyl groups is 1.